The molecule has 118 valence electrons. The van der Waals surface area contributed by atoms with Gasteiger partial charge in [0, 0.05) is 18.7 Å². The van der Waals surface area contributed by atoms with Gasteiger partial charge in [0.25, 0.3) is 15.9 Å². The first-order valence-corrected chi connectivity index (χ1v) is 8.53. The average Bonchev–Trinajstić information content (AvgIpc) is 2.95. The van der Waals surface area contributed by atoms with E-state index in [0.29, 0.717) is 12.0 Å². The normalized spacial score (nSPS) is 20.1. The molecule has 1 aliphatic heterocycles. The number of sulfonamides is 1. The summed E-state index contributed by atoms with van der Waals surface area (Å²) in [5, 5.41) is 3.94. The standard InChI is InChI=1S/C13H22N4O3S/c1-9(2)17-7-5-6-11(17)12(18)15-21(19,20)13-10(3)8-14-16(13)4/h8-9,11H,5-7H2,1-4H3,(H,15,18). The Labute approximate surface area is 125 Å². The number of likely N-dealkylation sites (tertiary alicyclic amines) is 1. The van der Waals surface area contributed by atoms with Crippen LogP contribution in [0.4, 0.5) is 0 Å². The molecular weight excluding hydrogens is 292 g/mol. The molecule has 7 nitrogen and oxygen atoms in total. The highest BCUT2D eigenvalue weighted by atomic mass is 32.2. The van der Waals surface area contributed by atoms with Gasteiger partial charge in [-0.3, -0.25) is 14.4 Å². The monoisotopic (exact) mass is 314 g/mol. The summed E-state index contributed by atoms with van der Waals surface area (Å²) < 4.78 is 28.2. The number of nitrogens with zero attached hydrogens (tertiary/aromatic N) is 3. The van der Waals surface area contributed by atoms with Crippen LogP contribution in [-0.4, -0.2) is 47.6 Å². The summed E-state index contributed by atoms with van der Waals surface area (Å²) in [4.78, 5) is 14.4. The number of hydrogen-bond acceptors (Lipinski definition) is 5. The van der Waals surface area contributed by atoms with Crippen LogP contribution in [0.5, 0.6) is 0 Å². The number of aromatic nitrogens is 2. The van der Waals surface area contributed by atoms with Crippen molar-refractivity contribution >= 4 is 15.9 Å². The van der Waals surface area contributed by atoms with Crippen LogP contribution in [0.25, 0.3) is 0 Å². The van der Waals surface area contributed by atoms with E-state index in [1.54, 1.807) is 14.0 Å². The van der Waals surface area contributed by atoms with Crippen molar-refractivity contribution in [3.05, 3.63) is 11.8 Å². The van der Waals surface area contributed by atoms with Crippen LogP contribution >= 0.6 is 0 Å². The van der Waals surface area contributed by atoms with E-state index >= 15 is 0 Å². The van der Waals surface area contributed by atoms with Gasteiger partial charge in [0.15, 0.2) is 5.03 Å². The van der Waals surface area contributed by atoms with Crippen LogP contribution in [0.2, 0.25) is 0 Å². The Balaban J connectivity index is 2.19. The second kappa shape index (κ2) is 5.76. The maximum atomic E-state index is 12.4. The molecule has 0 saturated carbocycles. The van der Waals surface area contributed by atoms with E-state index < -0.39 is 15.9 Å². The number of hydrogen-bond donors (Lipinski definition) is 1. The van der Waals surface area contributed by atoms with Gasteiger partial charge in [0.1, 0.15) is 0 Å². The van der Waals surface area contributed by atoms with Crippen molar-refractivity contribution in [2.24, 2.45) is 7.05 Å². The van der Waals surface area contributed by atoms with Crippen molar-refractivity contribution < 1.29 is 13.2 Å². The molecule has 1 saturated heterocycles. The van der Waals surface area contributed by atoms with Crippen molar-refractivity contribution in [3.63, 3.8) is 0 Å². The molecule has 0 aromatic carbocycles. The maximum Gasteiger partial charge on any atom is 0.281 e. The Morgan fingerprint density at radius 1 is 1.48 bits per heavy atom. The van der Waals surface area contributed by atoms with Crippen LogP contribution in [0, 0.1) is 6.92 Å². The zero-order chi connectivity index (χ0) is 15.8. The first-order chi connectivity index (χ1) is 9.74. The highest BCUT2D eigenvalue weighted by Crippen LogP contribution is 2.21. The van der Waals surface area contributed by atoms with Gasteiger partial charge in [0.05, 0.1) is 12.2 Å². The minimum Gasteiger partial charge on any atom is -0.290 e. The molecule has 2 rings (SSSR count). The fraction of sp³-hybridized carbons (Fsp3) is 0.692. The SMILES string of the molecule is Cc1cnn(C)c1S(=O)(=O)NC(=O)C1CCCN1C(C)C. The van der Waals surface area contributed by atoms with Gasteiger partial charge in [-0.25, -0.2) is 4.72 Å². The molecule has 1 aromatic heterocycles. The molecule has 1 aliphatic rings. The molecular formula is C13H22N4O3S. The molecule has 1 amide bonds. The lowest BCUT2D eigenvalue weighted by atomic mass is 10.2. The molecule has 0 spiro atoms. The van der Waals surface area contributed by atoms with E-state index in [9.17, 15) is 13.2 Å². The van der Waals surface area contributed by atoms with Crippen molar-refractivity contribution in [3.8, 4) is 0 Å². The van der Waals surface area contributed by atoms with Crippen molar-refractivity contribution in [2.45, 2.75) is 50.7 Å². The third kappa shape index (κ3) is 3.11. The number of nitrogens with one attached hydrogen (secondary N) is 1. The van der Waals surface area contributed by atoms with Gasteiger partial charge < -0.3 is 0 Å². The molecule has 21 heavy (non-hydrogen) atoms. The maximum absolute atomic E-state index is 12.4. The van der Waals surface area contributed by atoms with Crippen LogP contribution < -0.4 is 4.72 Å². The fourth-order valence-corrected chi connectivity index (χ4v) is 4.23. The molecule has 0 aliphatic carbocycles. The Hall–Kier alpha value is -1.41. The Bertz CT molecular complexity index is 616. The number of carbonyl (C=O) groups excluding carboxylic acids is 1. The Kier molecular flexibility index (Phi) is 4.38. The van der Waals surface area contributed by atoms with Crippen molar-refractivity contribution in [2.75, 3.05) is 6.54 Å². The van der Waals surface area contributed by atoms with Crippen LogP contribution in [0.1, 0.15) is 32.3 Å². The Morgan fingerprint density at radius 2 is 2.14 bits per heavy atom. The zero-order valence-electron chi connectivity index (χ0n) is 12.8. The molecule has 0 radical (unpaired) electrons. The van der Waals surface area contributed by atoms with Crippen molar-refractivity contribution in [1.82, 2.24) is 19.4 Å². The number of aryl methyl sites for hydroxylation is 2. The van der Waals surface area contributed by atoms with Gasteiger partial charge in [-0.05, 0) is 40.2 Å². The molecule has 1 fully saturated rings. The lowest BCUT2D eigenvalue weighted by Gasteiger charge is -2.27. The van der Waals surface area contributed by atoms with Gasteiger partial charge in [-0.2, -0.15) is 13.5 Å². The van der Waals surface area contributed by atoms with E-state index in [-0.39, 0.29) is 17.1 Å². The predicted molar refractivity (Wildman–Crippen MR) is 78.1 cm³/mol. The van der Waals surface area contributed by atoms with Crippen LogP contribution in [-0.2, 0) is 21.9 Å². The molecule has 0 bridgehead atoms. The predicted octanol–water partition coefficient (Wildman–Crippen LogP) is 0.406. The van der Waals surface area contributed by atoms with Crippen LogP contribution in [0.15, 0.2) is 11.2 Å². The Morgan fingerprint density at radius 3 is 2.67 bits per heavy atom. The summed E-state index contributed by atoms with van der Waals surface area (Å²) in [6, 6.07) is -0.169. The minimum atomic E-state index is -3.89. The number of carbonyl (C=O) groups is 1. The average molecular weight is 314 g/mol. The summed E-state index contributed by atoms with van der Waals surface area (Å²) in [5.74, 6) is -0.457. The van der Waals surface area contributed by atoms with E-state index in [1.807, 2.05) is 18.7 Å². The van der Waals surface area contributed by atoms with E-state index in [1.165, 1.54) is 10.9 Å². The van der Waals surface area contributed by atoms with Gasteiger partial charge in [0.2, 0.25) is 0 Å². The second-order valence-electron chi connectivity index (χ2n) is 5.72. The molecule has 2 heterocycles. The molecule has 1 N–H and O–H groups in total. The highest BCUT2D eigenvalue weighted by molar-refractivity contribution is 7.90. The van der Waals surface area contributed by atoms with E-state index in [2.05, 4.69) is 9.82 Å². The summed E-state index contributed by atoms with van der Waals surface area (Å²) in [6.45, 7) is 6.49. The third-order valence-corrected chi connectivity index (χ3v) is 5.37. The molecule has 8 heteroatoms. The fourth-order valence-electron chi connectivity index (χ4n) is 2.86. The lowest BCUT2D eigenvalue weighted by molar-refractivity contribution is -0.124. The summed E-state index contributed by atoms with van der Waals surface area (Å²) in [6.07, 6.45) is 3.06. The summed E-state index contributed by atoms with van der Waals surface area (Å²) in [5.41, 5.74) is 0.518. The van der Waals surface area contributed by atoms with E-state index in [4.69, 9.17) is 0 Å². The first-order valence-electron chi connectivity index (χ1n) is 7.05. The van der Waals surface area contributed by atoms with E-state index in [0.717, 1.165) is 13.0 Å². The molecule has 1 aromatic rings. The summed E-state index contributed by atoms with van der Waals surface area (Å²) >= 11 is 0. The lowest BCUT2D eigenvalue weighted by Crippen LogP contribution is -2.47. The van der Waals surface area contributed by atoms with Gasteiger partial charge >= 0.3 is 0 Å². The quantitative estimate of drug-likeness (QED) is 0.870. The van der Waals surface area contributed by atoms with Crippen molar-refractivity contribution in [1.29, 1.82) is 0 Å². The topological polar surface area (TPSA) is 84.3 Å². The summed E-state index contributed by atoms with van der Waals surface area (Å²) in [7, 11) is -2.35. The number of amides is 1. The van der Waals surface area contributed by atoms with Gasteiger partial charge in [-0.1, -0.05) is 0 Å². The van der Waals surface area contributed by atoms with Crippen LogP contribution in [0.3, 0.4) is 0 Å². The zero-order valence-corrected chi connectivity index (χ0v) is 13.6. The number of rotatable bonds is 4. The second-order valence-corrected chi connectivity index (χ2v) is 7.31. The minimum absolute atomic E-state index is 0.0324. The smallest absolute Gasteiger partial charge is 0.281 e. The largest absolute Gasteiger partial charge is 0.290 e. The molecule has 1 atom stereocenters. The first kappa shape index (κ1) is 16.0. The highest BCUT2D eigenvalue weighted by Gasteiger charge is 2.35. The third-order valence-electron chi connectivity index (χ3n) is 3.81. The molecule has 1 unspecified atom stereocenters. The van der Waals surface area contributed by atoms with Gasteiger partial charge in [-0.15, -0.1) is 0 Å².